The molecule has 2 rings (SSSR count). The van der Waals surface area contributed by atoms with E-state index in [9.17, 15) is 0 Å². The highest BCUT2D eigenvalue weighted by atomic mass is 35.5. The topological polar surface area (TPSA) is 27.7 Å². The Morgan fingerprint density at radius 1 is 0.800 bits per heavy atom. The molecule has 0 saturated heterocycles. The molecule has 20 heavy (non-hydrogen) atoms. The van der Waals surface area contributed by atoms with Crippen LogP contribution in [0.2, 0.25) is 0 Å². The van der Waals surface area contributed by atoms with Gasteiger partial charge in [-0.15, -0.1) is 0 Å². The summed E-state index contributed by atoms with van der Waals surface area (Å²) in [5.41, 5.74) is 2.28. The summed E-state index contributed by atoms with van der Waals surface area (Å²) >= 11 is 5.84. The van der Waals surface area contributed by atoms with Crippen molar-refractivity contribution in [1.82, 2.24) is 0 Å². The van der Waals surface area contributed by atoms with Crippen molar-refractivity contribution in [1.29, 1.82) is 0 Å². The monoisotopic (exact) mass is 290 g/mol. The molecule has 0 N–H and O–H groups in total. The van der Waals surface area contributed by atoms with E-state index in [1.165, 1.54) is 5.54 Å². The first-order valence-corrected chi connectivity index (χ1v) is 6.47. The van der Waals surface area contributed by atoms with E-state index in [1.807, 2.05) is 48.5 Å². The molecule has 0 aliphatic rings. The van der Waals surface area contributed by atoms with E-state index in [0.29, 0.717) is 11.5 Å². The van der Waals surface area contributed by atoms with Crippen molar-refractivity contribution in [3.63, 3.8) is 0 Å². The zero-order chi connectivity index (χ0) is 14.4. The van der Waals surface area contributed by atoms with Gasteiger partial charge in [-0.25, -0.2) is 0 Å². The molecule has 0 aliphatic carbocycles. The fourth-order valence-electron chi connectivity index (χ4n) is 1.67. The van der Waals surface area contributed by atoms with Crippen molar-refractivity contribution in [2.24, 2.45) is 0 Å². The molecule has 104 valence electrons. The second-order valence-electron chi connectivity index (χ2n) is 3.98. The quantitative estimate of drug-likeness (QED) is 0.768. The van der Waals surface area contributed by atoms with Crippen molar-refractivity contribution in [3.05, 3.63) is 59.6 Å². The molecule has 0 fully saturated rings. The van der Waals surface area contributed by atoms with Gasteiger partial charge in [0.2, 0.25) is 0 Å². The van der Waals surface area contributed by atoms with Crippen LogP contribution in [0.1, 0.15) is 5.56 Å². The van der Waals surface area contributed by atoms with E-state index < -0.39 is 0 Å². The van der Waals surface area contributed by atoms with Crippen LogP contribution in [0.15, 0.2) is 54.1 Å². The molecule has 0 spiro atoms. The lowest BCUT2D eigenvalue weighted by Gasteiger charge is -2.10. The summed E-state index contributed by atoms with van der Waals surface area (Å²) in [5, 5.41) is 0. The Morgan fingerprint density at radius 2 is 1.25 bits per heavy atom. The van der Waals surface area contributed by atoms with Crippen LogP contribution in [0.25, 0.3) is 5.76 Å². The maximum atomic E-state index is 5.84. The average molecular weight is 291 g/mol. The van der Waals surface area contributed by atoms with Gasteiger partial charge in [0, 0.05) is 11.1 Å². The van der Waals surface area contributed by atoms with Crippen LogP contribution >= 0.6 is 11.6 Å². The highest BCUT2D eigenvalue weighted by molar-refractivity contribution is 6.27. The average Bonchev–Trinajstić information content (AvgIpc) is 2.53. The predicted molar refractivity (Wildman–Crippen MR) is 80.4 cm³/mol. The zero-order valence-corrected chi connectivity index (χ0v) is 12.1. The Morgan fingerprint density at radius 3 is 1.70 bits per heavy atom. The molecule has 4 heteroatoms. The summed E-state index contributed by atoms with van der Waals surface area (Å²) < 4.78 is 16.0. The third-order valence-electron chi connectivity index (χ3n) is 2.76. The van der Waals surface area contributed by atoms with E-state index in [0.717, 1.165) is 17.1 Å². The summed E-state index contributed by atoms with van der Waals surface area (Å²) in [6, 6.07) is 14.8. The summed E-state index contributed by atoms with van der Waals surface area (Å²) in [7, 11) is 3.25. The maximum Gasteiger partial charge on any atom is 0.145 e. The molecule has 0 saturated carbocycles. The van der Waals surface area contributed by atoms with E-state index in [1.54, 1.807) is 14.2 Å². The molecule has 0 bridgehead atoms. The van der Waals surface area contributed by atoms with E-state index in [-0.39, 0.29) is 0 Å². The second-order valence-corrected chi connectivity index (χ2v) is 4.20. The van der Waals surface area contributed by atoms with Gasteiger partial charge in [-0.1, -0.05) is 11.6 Å². The molecule has 2 aromatic rings. The first kappa shape index (κ1) is 14.3. The Labute approximate surface area is 123 Å². The molecule has 0 radical (unpaired) electrons. The first-order chi connectivity index (χ1) is 9.76. The lowest BCUT2D eigenvalue weighted by molar-refractivity contribution is 0.413. The maximum absolute atomic E-state index is 5.84. The minimum absolute atomic E-state index is 0.569. The first-order valence-electron chi connectivity index (χ1n) is 6.03. The van der Waals surface area contributed by atoms with Gasteiger partial charge in [0.1, 0.15) is 23.0 Å². The number of rotatable bonds is 5. The smallest absolute Gasteiger partial charge is 0.145 e. The van der Waals surface area contributed by atoms with Crippen molar-refractivity contribution < 1.29 is 14.2 Å². The summed E-state index contributed by atoms with van der Waals surface area (Å²) in [4.78, 5) is 0. The third-order valence-corrected chi connectivity index (χ3v) is 2.96. The molecular formula is C16H15ClO3. The number of ether oxygens (including phenoxy) is 3. The number of benzene rings is 2. The lowest BCUT2D eigenvalue weighted by atomic mass is 10.2. The van der Waals surface area contributed by atoms with Crippen LogP contribution in [0.5, 0.6) is 17.2 Å². The Kier molecular flexibility index (Phi) is 4.91. The second kappa shape index (κ2) is 6.87. The predicted octanol–water partition coefficient (Wildman–Crippen LogP) is 4.32. The molecule has 0 atom stereocenters. The SMILES string of the molecule is COc1ccc(O/C(=C\Cl)c2ccc(OC)cc2)cc1. The fraction of sp³-hybridized carbons (Fsp3) is 0.125. The molecule has 0 heterocycles. The number of methoxy groups -OCH3 is 2. The molecule has 0 unspecified atom stereocenters. The molecule has 0 aliphatic heterocycles. The molecule has 0 amide bonds. The van der Waals surface area contributed by atoms with Gasteiger partial charge < -0.3 is 14.2 Å². The molecule has 0 aromatic heterocycles. The summed E-state index contributed by atoms with van der Waals surface area (Å²) in [5.74, 6) is 2.82. The van der Waals surface area contributed by atoms with Gasteiger partial charge in [0.15, 0.2) is 0 Å². The largest absolute Gasteiger partial charge is 0.497 e. The zero-order valence-electron chi connectivity index (χ0n) is 11.3. The summed E-state index contributed by atoms with van der Waals surface area (Å²) in [6.07, 6.45) is 0. The highest BCUT2D eigenvalue weighted by Crippen LogP contribution is 2.25. The van der Waals surface area contributed by atoms with Gasteiger partial charge in [0.05, 0.1) is 14.2 Å². The van der Waals surface area contributed by atoms with E-state index >= 15 is 0 Å². The normalized spacial score (nSPS) is 11.1. The summed E-state index contributed by atoms with van der Waals surface area (Å²) in [6.45, 7) is 0. The molecule has 2 aromatic carbocycles. The van der Waals surface area contributed by atoms with Gasteiger partial charge in [-0.3, -0.25) is 0 Å². The Balaban J connectivity index is 2.15. The Hall–Kier alpha value is -2.13. The van der Waals surface area contributed by atoms with Crippen molar-refractivity contribution in [3.8, 4) is 17.2 Å². The van der Waals surface area contributed by atoms with Crippen LogP contribution in [0.4, 0.5) is 0 Å². The highest BCUT2D eigenvalue weighted by Gasteiger charge is 2.05. The number of halogens is 1. The van der Waals surface area contributed by atoms with Crippen LogP contribution in [0.3, 0.4) is 0 Å². The van der Waals surface area contributed by atoms with E-state index in [4.69, 9.17) is 25.8 Å². The van der Waals surface area contributed by atoms with Crippen molar-refractivity contribution in [2.75, 3.05) is 14.2 Å². The minimum atomic E-state index is 0.569. The van der Waals surface area contributed by atoms with Crippen molar-refractivity contribution >= 4 is 17.4 Å². The van der Waals surface area contributed by atoms with Crippen molar-refractivity contribution in [2.45, 2.75) is 0 Å². The number of hydrogen-bond acceptors (Lipinski definition) is 3. The van der Waals surface area contributed by atoms with Gasteiger partial charge >= 0.3 is 0 Å². The third kappa shape index (κ3) is 3.45. The standard InChI is InChI=1S/C16H15ClO3/c1-18-13-5-3-12(4-6-13)16(11-17)20-15-9-7-14(19-2)8-10-15/h3-11H,1-2H3/b16-11-. The van der Waals surface area contributed by atoms with Gasteiger partial charge in [0.25, 0.3) is 0 Å². The van der Waals surface area contributed by atoms with E-state index in [2.05, 4.69) is 0 Å². The van der Waals surface area contributed by atoms with Crippen LogP contribution < -0.4 is 14.2 Å². The Bertz CT molecular complexity index is 574. The lowest BCUT2D eigenvalue weighted by Crippen LogP contribution is -1.95. The van der Waals surface area contributed by atoms with Crippen LogP contribution in [-0.2, 0) is 0 Å². The van der Waals surface area contributed by atoms with Gasteiger partial charge in [-0.2, -0.15) is 0 Å². The van der Waals surface area contributed by atoms with Gasteiger partial charge in [-0.05, 0) is 48.5 Å². The number of hydrogen-bond donors (Lipinski definition) is 0. The molecular weight excluding hydrogens is 276 g/mol. The fourth-order valence-corrected chi connectivity index (χ4v) is 1.84. The van der Waals surface area contributed by atoms with Crippen LogP contribution in [0, 0.1) is 0 Å². The minimum Gasteiger partial charge on any atom is -0.497 e. The molecule has 3 nitrogen and oxygen atoms in total. The van der Waals surface area contributed by atoms with Crippen LogP contribution in [-0.4, -0.2) is 14.2 Å².